The molecular weight excluding hydrogens is 449 g/mol. The van der Waals surface area contributed by atoms with Gasteiger partial charge in [0.25, 0.3) is 5.91 Å². The Morgan fingerprint density at radius 3 is 2.69 bits per heavy atom. The Kier molecular flexibility index (Phi) is 5.99. The summed E-state index contributed by atoms with van der Waals surface area (Å²) < 4.78 is 18.9. The van der Waals surface area contributed by atoms with Crippen molar-refractivity contribution in [3.05, 3.63) is 89.5 Å². The van der Waals surface area contributed by atoms with E-state index in [-0.39, 0.29) is 29.5 Å². The number of fused-ring (bicyclic) bond motifs is 1. The highest BCUT2D eigenvalue weighted by molar-refractivity contribution is 6.08. The second-order valence-corrected chi connectivity index (χ2v) is 7.98. The molecule has 1 amide bonds. The van der Waals surface area contributed by atoms with Crippen molar-refractivity contribution in [2.75, 3.05) is 24.3 Å². The number of benzene rings is 2. The number of anilines is 3. The molecule has 5 rings (SSSR count). The number of methoxy groups -OCH3 is 1. The smallest absolute Gasteiger partial charge is 0.256 e. The van der Waals surface area contributed by atoms with Crippen LogP contribution in [0.5, 0.6) is 5.75 Å². The Labute approximate surface area is 200 Å². The maximum atomic E-state index is 14.0. The third kappa shape index (κ3) is 4.49. The van der Waals surface area contributed by atoms with E-state index in [0.717, 1.165) is 23.0 Å². The number of aromatic amines is 1. The first-order valence-corrected chi connectivity index (χ1v) is 11.0. The molecule has 0 radical (unpaired) electrons. The number of carbonyl (C=O) groups is 2. The second-order valence-electron chi connectivity index (χ2n) is 7.98. The number of pyridine rings is 1. The molecule has 4 N–H and O–H groups in total. The lowest BCUT2D eigenvalue weighted by atomic mass is 10.0. The molecule has 1 aliphatic rings. The van der Waals surface area contributed by atoms with Crippen LogP contribution in [0.4, 0.5) is 21.6 Å². The number of hydrogen-bond donors (Lipinski definition) is 4. The SMILES string of the molecule is COc1ccc(C(=O)Nc2cc(-c3[nH]c4c(c3Nc3ccccc3)C(=O)CNC4)ccn2)cc1F. The van der Waals surface area contributed by atoms with Crippen LogP contribution in [-0.4, -0.2) is 35.3 Å². The molecule has 4 aromatic rings. The third-order valence-electron chi connectivity index (χ3n) is 5.69. The summed E-state index contributed by atoms with van der Waals surface area (Å²) in [7, 11) is 1.36. The van der Waals surface area contributed by atoms with Gasteiger partial charge in [0.15, 0.2) is 17.3 Å². The van der Waals surface area contributed by atoms with Gasteiger partial charge >= 0.3 is 0 Å². The predicted octanol–water partition coefficient (Wildman–Crippen LogP) is 4.51. The van der Waals surface area contributed by atoms with Crippen LogP contribution in [0.1, 0.15) is 26.4 Å². The lowest BCUT2D eigenvalue weighted by Gasteiger charge is -2.14. The van der Waals surface area contributed by atoms with E-state index in [1.54, 1.807) is 18.3 Å². The fourth-order valence-electron chi connectivity index (χ4n) is 4.04. The highest BCUT2D eigenvalue weighted by atomic mass is 19.1. The summed E-state index contributed by atoms with van der Waals surface area (Å²) in [5, 5.41) is 9.17. The van der Waals surface area contributed by atoms with E-state index in [4.69, 9.17) is 4.74 Å². The van der Waals surface area contributed by atoms with Gasteiger partial charge in [-0.1, -0.05) is 18.2 Å². The lowest BCUT2D eigenvalue weighted by Crippen LogP contribution is -2.29. The summed E-state index contributed by atoms with van der Waals surface area (Å²) in [6.45, 7) is 0.784. The molecular formula is C26H22FN5O3. The van der Waals surface area contributed by atoms with E-state index in [1.165, 1.54) is 19.2 Å². The molecule has 0 aliphatic carbocycles. The molecule has 0 atom stereocenters. The standard InChI is InChI=1S/C26H22FN5O3/c1-35-21-8-7-16(11-18(21)27)26(34)32-22-12-15(9-10-29-22)24-25(30-17-5-3-2-4-6-17)23-19(31-24)13-28-14-20(23)33/h2-12,28,30-31H,13-14H2,1H3,(H,29,32,34). The van der Waals surface area contributed by atoms with Crippen molar-refractivity contribution in [1.82, 2.24) is 15.3 Å². The number of amides is 1. The first kappa shape index (κ1) is 22.3. The highest BCUT2D eigenvalue weighted by Crippen LogP contribution is 2.37. The first-order chi connectivity index (χ1) is 17.0. The molecule has 3 heterocycles. The van der Waals surface area contributed by atoms with Crippen LogP contribution >= 0.6 is 0 Å². The zero-order chi connectivity index (χ0) is 24.4. The number of carbonyl (C=O) groups excluding carboxylic acids is 2. The molecule has 1 aliphatic heterocycles. The number of para-hydroxylation sites is 1. The Morgan fingerprint density at radius 2 is 1.91 bits per heavy atom. The zero-order valence-electron chi connectivity index (χ0n) is 18.8. The maximum absolute atomic E-state index is 14.0. The molecule has 0 saturated heterocycles. The van der Waals surface area contributed by atoms with Gasteiger partial charge in [-0.05, 0) is 42.5 Å². The van der Waals surface area contributed by atoms with Crippen LogP contribution in [0.3, 0.4) is 0 Å². The van der Waals surface area contributed by atoms with Gasteiger partial charge in [-0.15, -0.1) is 0 Å². The Hall–Kier alpha value is -4.50. The molecule has 35 heavy (non-hydrogen) atoms. The minimum Gasteiger partial charge on any atom is -0.494 e. The zero-order valence-corrected chi connectivity index (χ0v) is 18.8. The summed E-state index contributed by atoms with van der Waals surface area (Å²) in [6, 6.07) is 17.0. The average Bonchev–Trinajstić information content (AvgIpc) is 3.24. The minimum atomic E-state index is -0.631. The number of nitrogens with one attached hydrogen (secondary N) is 4. The maximum Gasteiger partial charge on any atom is 0.256 e. The summed E-state index contributed by atoms with van der Waals surface area (Å²) in [4.78, 5) is 33.0. The molecule has 0 fully saturated rings. The summed E-state index contributed by atoms with van der Waals surface area (Å²) in [6.07, 6.45) is 1.56. The molecule has 0 bridgehead atoms. The number of halogens is 1. The molecule has 2 aromatic heterocycles. The summed E-state index contributed by atoms with van der Waals surface area (Å²) in [5.74, 6) is -0.819. The quantitative estimate of drug-likeness (QED) is 0.330. The molecule has 176 valence electrons. The van der Waals surface area contributed by atoms with Crippen molar-refractivity contribution >= 4 is 28.9 Å². The van der Waals surface area contributed by atoms with Gasteiger partial charge in [0.2, 0.25) is 0 Å². The minimum absolute atomic E-state index is 0.0173. The predicted molar refractivity (Wildman–Crippen MR) is 131 cm³/mol. The fourth-order valence-corrected chi connectivity index (χ4v) is 4.04. The molecule has 9 heteroatoms. The molecule has 0 unspecified atom stereocenters. The van der Waals surface area contributed by atoms with Crippen molar-refractivity contribution in [3.8, 4) is 17.0 Å². The topological polar surface area (TPSA) is 108 Å². The van der Waals surface area contributed by atoms with Gasteiger partial charge in [-0.2, -0.15) is 0 Å². The average molecular weight is 471 g/mol. The van der Waals surface area contributed by atoms with Crippen molar-refractivity contribution in [2.24, 2.45) is 0 Å². The van der Waals surface area contributed by atoms with Crippen LogP contribution in [0, 0.1) is 5.82 Å². The van der Waals surface area contributed by atoms with Crippen LogP contribution in [0.25, 0.3) is 11.3 Å². The van der Waals surface area contributed by atoms with Gasteiger partial charge in [-0.25, -0.2) is 9.37 Å². The number of ether oxygens (including phenoxy) is 1. The van der Waals surface area contributed by atoms with E-state index in [9.17, 15) is 14.0 Å². The summed E-state index contributed by atoms with van der Waals surface area (Å²) >= 11 is 0. The number of ketones is 1. The van der Waals surface area contributed by atoms with Crippen LogP contribution in [0.15, 0.2) is 66.9 Å². The number of hydrogen-bond acceptors (Lipinski definition) is 6. The number of aromatic nitrogens is 2. The molecule has 2 aromatic carbocycles. The van der Waals surface area contributed by atoms with E-state index in [1.807, 2.05) is 30.3 Å². The number of nitrogens with zero attached hydrogens (tertiary/aromatic N) is 1. The van der Waals surface area contributed by atoms with E-state index >= 15 is 0 Å². The van der Waals surface area contributed by atoms with E-state index in [2.05, 4.69) is 25.9 Å². The van der Waals surface area contributed by atoms with E-state index in [0.29, 0.717) is 23.5 Å². The normalized spacial score (nSPS) is 12.7. The monoisotopic (exact) mass is 471 g/mol. The molecule has 0 saturated carbocycles. The van der Waals surface area contributed by atoms with Crippen LogP contribution < -0.4 is 20.7 Å². The van der Waals surface area contributed by atoms with Crippen LogP contribution in [-0.2, 0) is 6.54 Å². The van der Waals surface area contributed by atoms with Gasteiger partial charge in [0.1, 0.15) is 5.82 Å². The number of H-pyrrole nitrogens is 1. The Balaban J connectivity index is 1.48. The second kappa shape index (κ2) is 9.40. The van der Waals surface area contributed by atoms with Crippen molar-refractivity contribution in [3.63, 3.8) is 0 Å². The van der Waals surface area contributed by atoms with Crippen molar-refractivity contribution < 1.29 is 18.7 Å². The van der Waals surface area contributed by atoms with Gasteiger partial charge in [0, 0.05) is 35.2 Å². The molecule has 8 nitrogen and oxygen atoms in total. The highest BCUT2D eigenvalue weighted by Gasteiger charge is 2.27. The Morgan fingerprint density at radius 1 is 1.09 bits per heavy atom. The Bertz CT molecular complexity index is 1420. The largest absolute Gasteiger partial charge is 0.494 e. The van der Waals surface area contributed by atoms with Gasteiger partial charge < -0.3 is 25.7 Å². The van der Waals surface area contributed by atoms with Gasteiger partial charge in [-0.3, -0.25) is 9.59 Å². The van der Waals surface area contributed by atoms with Gasteiger partial charge in [0.05, 0.1) is 30.6 Å². The number of rotatable bonds is 6. The summed E-state index contributed by atoms with van der Waals surface area (Å²) in [5.41, 5.74) is 4.45. The fraction of sp³-hybridized carbons (Fsp3) is 0.115. The number of Topliss-reactive ketones (excluding diaryl/α,β-unsaturated/α-hetero) is 1. The van der Waals surface area contributed by atoms with E-state index < -0.39 is 11.7 Å². The van der Waals surface area contributed by atoms with Crippen LogP contribution in [0.2, 0.25) is 0 Å². The van der Waals surface area contributed by atoms with Crippen molar-refractivity contribution in [1.29, 1.82) is 0 Å². The third-order valence-corrected chi connectivity index (χ3v) is 5.69. The first-order valence-electron chi connectivity index (χ1n) is 11.0. The molecule has 0 spiro atoms. The lowest BCUT2D eigenvalue weighted by molar-refractivity contribution is 0.0981. The van der Waals surface area contributed by atoms with Crippen molar-refractivity contribution in [2.45, 2.75) is 6.54 Å².